The molecule has 2 nitrogen and oxygen atoms in total. The highest BCUT2D eigenvalue weighted by molar-refractivity contribution is 7.25. The number of hydrogen-bond donors (Lipinski definition) is 0. The first-order valence-electron chi connectivity index (χ1n) is 6.44. The summed E-state index contributed by atoms with van der Waals surface area (Å²) in [5.74, 6) is -0.145. The van der Waals surface area contributed by atoms with Crippen LogP contribution in [0, 0.1) is 5.82 Å². The first-order valence-corrected chi connectivity index (χ1v) is 7.26. The summed E-state index contributed by atoms with van der Waals surface area (Å²) in [4.78, 5) is 12.2. The molecule has 0 radical (unpaired) electrons. The Morgan fingerprint density at radius 3 is 2.57 bits per heavy atom. The maximum atomic E-state index is 13.9. The molecule has 0 aliphatic rings. The van der Waals surface area contributed by atoms with Gasteiger partial charge in [-0.3, -0.25) is 0 Å². The van der Waals surface area contributed by atoms with Crippen LogP contribution in [0.4, 0.5) is 4.39 Å². The lowest BCUT2D eigenvalue weighted by atomic mass is 10.1. The van der Waals surface area contributed by atoms with Crippen LogP contribution in [0.25, 0.3) is 31.5 Å². The Bertz CT molecular complexity index is 1030. The molecular weight excluding hydrogens is 287 g/mol. The molecule has 21 heavy (non-hydrogen) atoms. The lowest BCUT2D eigenvalue weighted by Gasteiger charge is -2.01. The van der Waals surface area contributed by atoms with Crippen molar-refractivity contribution in [1.29, 1.82) is 0 Å². The smallest absolute Gasteiger partial charge is 0.354 e. The summed E-state index contributed by atoms with van der Waals surface area (Å²) in [6.45, 7) is 0. The van der Waals surface area contributed by atoms with E-state index in [4.69, 9.17) is 4.42 Å². The summed E-state index contributed by atoms with van der Waals surface area (Å²) in [5.41, 5.74) is -0.126. The van der Waals surface area contributed by atoms with Crippen LogP contribution < -0.4 is 5.63 Å². The van der Waals surface area contributed by atoms with E-state index in [2.05, 4.69) is 0 Å². The van der Waals surface area contributed by atoms with E-state index in [-0.39, 0.29) is 5.76 Å². The van der Waals surface area contributed by atoms with Crippen LogP contribution in [-0.2, 0) is 0 Å². The topological polar surface area (TPSA) is 30.2 Å². The Labute approximate surface area is 123 Å². The molecule has 2 aromatic carbocycles. The van der Waals surface area contributed by atoms with Gasteiger partial charge in [0.15, 0.2) is 0 Å². The number of benzene rings is 2. The molecule has 2 aromatic heterocycles. The number of hydrogen-bond acceptors (Lipinski definition) is 3. The predicted molar refractivity (Wildman–Crippen MR) is 83.3 cm³/mol. The molecule has 0 unspecified atom stereocenters. The number of thiophene rings is 1. The van der Waals surface area contributed by atoms with Crippen molar-refractivity contribution in [2.24, 2.45) is 0 Å². The highest BCUT2D eigenvalue weighted by atomic mass is 32.1. The van der Waals surface area contributed by atoms with Gasteiger partial charge < -0.3 is 4.42 Å². The maximum absolute atomic E-state index is 13.9. The van der Waals surface area contributed by atoms with Crippen molar-refractivity contribution in [2.75, 3.05) is 0 Å². The molecule has 4 heteroatoms. The standard InChI is InChI=1S/C17H9FO2S/c18-13-7-3-1-6-11(13)14-9-12-10-5-2-4-8-15(10)21-16(12)17(19)20-14/h1-9H. The summed E-state index contributed by atoms with van der Waals surface area (Å²) in [6, 6.07) is 15.8. The van der Waals surface area contributed by atoms with Crippen LogP contribution in [0.2, 0.25) is 0 Å². The van der Waals surface area contributed by atoms with Crippen molar-refractivity contribution in [3.63, 3.8) is 0 Å². The van der Waals surface area contributed by atoms with Crippen molar-refractivity contribution in [3.8, 4) is 11.3 Å². The van der Waals surface area contributed by atoms with Crippen molar-refractivity contribution < 1.29 is 8.81 Å². The van der Waals surface area contributed by atoms with Crippen molar-refractivity contribution >= 4 is 31.5 Å². The van der Waals surface area contributed by atoms with Gasteiger partial charge in [-0.15, -0.1) is 11.3 Å². The fourth-order valence-corrected chi connectivity index (χ4v) is 3.52. The SMILES string of the molecule is O=c1oc(-c2ccccc2F)cc2c1sc1ccccc12. The Hall–Kier alpha value is -2.46. The lowest BCUT2D eigenvalue weighted by molar-refractivity contribution is 0.529. The molecule has 0 spiro atoms. The fraction of sp³-hybridized carbons (Fsp3) is 0. The monoisotopic (exact) mass is 296 g/mol. The summed E-state index contributed by atoms with van der Waals surface area (Å²) < 4.78 is 20.8. The third-order valence-electron chi connectivity index (χ3n) is 3.44. The second-order valence-electron chi connectivity index (χ2n) is 4.72. The first-order chi connectivity index (χ1) is 10.2. The first kappa shape index (κ1) is 12.3. The molecule has 4 rings (SSSR count). The van der Waals surface area contributed by atoms with Crippen molar-refractivity contribution in [2.45, 2.75) is 0 Å². The molecule has 0 atom stereocenters. The van der Waals surface area contributed by atoms with Gasteiger partial charge in [0, 0.05) is 15.5 Å². The predicted octanol–water partition coefficient (Wildman–Crippen LogP) is 4.81. The number of fused-ring (bicyclic) bond motifs is 3. The van der Waals surface area contributed by atoms with Gasteiger partial charge in [-0.1, -0.05) is 30.3 Å². The minimum absolute atomic E-state index is 0.258. The molecular formula is C17H9FO2S. The van der Waals surface area contributed by atoms with Crippen LogP contribution in [0.5, 0.6) is 0 Å². The van der Waals surface area contributed by atoms with Crippen LogP contribution >= 0.6 is 11.3 Å². The van der Waals surface area contributed by atoms with E-state index in [1.165, 1.54) is 17.4 Å². The second kappa shape index (κ2) is 4.53. The quantitative estimate of drug-likeness (QED) is 0.504. The summed E-state index contributed by atoms with van der Waals surface area (Å²) in [7, 11) is 0. The zero-order chi connectivity index (χ0) is 14.4. The molecule has 102 valence electrons. The summed E-state index contributed by atoms with van der Waals surface area (Å²) in [6.07, 6.45) is 0. The van der Waals surface area contributed by atoms with Gasteiger partial charge in [0.25, 0.3) is 0 Å². The van der Waals surface area contributed by atoms with Crippen LogP contribution in [-0.4, -0.2) is 0 Å². The molecule has 0 bridgehead atoms. The molecule has 0 saturated heterocycles. The molecule has 0 N–H and O–H groups in total. The van der Waals surface area contributed by atoms with E-state index in [9.17, 15) is 9.18 Å². The van der Waals surface area contributed by atoms with E-state index < -0.39 is 11.4 Å². The van der Waals surface area contributed by atoms with Crippen LogP contribution in [0.15, 0.2) is 63.8 Å². The van der Waals surface area contributed by atoms with E-state index in [1.54, 1.807) is 24.3 Å². The van der Waals surface area contributed by atoms with Gasteiger partial charge >= 0.3 is 5.63 Å². The molecule has 2 heterocycles. The highest BCUT2D eigenvalue weighted by Crippen LogP contribution is 2.34. The Morgan fingerprint density at radius 2 is 1.71 bits per heavy atom. The van der Waals surface area contributed by atoms with E-state index in [1.807, 2.05) is 24.3 Å². The average Bonchev–Trinajstić information content (AvgIpc) is 2.87. The number of halogens is 1. The van der Waals surface area contributed by atoms with Crippen LogP contribution in [0.3, 0.4) is 0 Å². The van der Waals surface area contributed by atoms with Crippen molar-refractivity contribution in [1.82, 2.24) is 0 Å². The fourth-order valence-electron chi connectivity index (χ4n) is 2.46. The highest BCUT2D eigenvalue weighted by Gasteiger charge is 2.14. The summed E-state index contributed by atoms with van der Waals surface area (Å²) >= 11 is 1.40. The zero-order valence-corrected chi connectivity index (χ0v) is 11.6. The third kappa shape index (κ3) is 1.87. The van der Waals surface area contributed by atoms with Gasteiger partial charge in [0.05, 0.1) is 5.56 Å². The molecule has 0 aliphatic heterocycles. The van der Waals surface area contributed by atoms with Gasteiger partial charge in [-0.2, -0.15) is 0 Å². The Balaban J connectivity index is 2.11. The van der Waals surface area contributed by atoms with Gasteiger partial charge in [-0.25, -0.2) is 9.18 Å². The van der Waals surface area contributed by atoms with E-state index >= 15 is 0 Å². The number of rotatable bonds is 1. The zero-order valence-electron chi connectivity index (χ0n) is 10.8. The van der Waals surface area contributed by atoms with Gasteiger partial charge in [0.1, 0.15) is 16.3 Å². The summed E-state index contributed by atoms with van der Waals surface area (Å²) in [5, 5.41) is 1.80. The maximum Gasteiger partial charge on any atom is 0.354 e. The lowest BCUT2D eigenvalue weighted by Crippen LogP contribution is -1.98. The van der Waals surface area contributed by atoms with Crippen molar-refractivity contribution in [3.05, 3.63) is 70.8 Å². The minimum Gasteiger partial charge on any atom is -0.422 e. The Kier molecular flexibility index (Phi) is 2.65. The molecule has 0 fully saturated rings. The van der Waals surface area contributed by atoms with Gasteiger partial charge in [-0.05, 0) is 24.3 Å². The molecule has 0 saturated carbocycles. The minimum atomic E-state index is -0.424. The third-order valence-corrected chi connectivity index (χ3v) is 4.60. The normalized spacial score (nSPS) is 11.3. The average molecular weight is 296 g/mol. The van der Waals surface area contributed by atoms with E-state index in [0.29, 0.717) is 10.3 Å². The van der Waals surface area contributed by atoms with Gasteiger partial charge in [0.2, 0.25) is 0 Å². The molecule has 0 amide bonds. The largest absolute Gasteiger partial charge is 0.422 e. The second-order valence-corrected chi connectivity index (χ2v) is 5.77. The Morgan fingerprint density at radius 1 is 0.952 bits per heavy atom. The van der Waals surface area contributed by atoms with Crippen LogP contribution in [0.1, 0.15) is 0 Å². The molecule has 0 aliphatic carbocycles. The van der Waals surface area contributed by atoms with E-state index in [0.717, 1.165) is 15.5 Å². The molecule has 4 aromatic rings.